The molecule has 2 N–H and O–H groups in total. The Balaban J connectivity index is 2.15. The minimum Gasteiger partial charge on any atom is -0.359 e. The second-order valence-corrected chi connectivity index (χ2v) is 5.03. The van der Waals surface area contributed by atoms with Gasteiger partial charge >= 0.3 is 0 Å². The van der Waals surface area contributed by atoms with E-state index in [9.17, 15) is 0 Å². The second kappa shape index (κ2) is 5.23. The van der Waals surface area contributed by atoms with Crippen molar-refractivity contribution in [3.05, 3.63) is 47.3 Å². The highest BCUT2D eigenvalue weighted by Crippen LogP contribution is 2.32. The summed E-state index contributed by atoms with van der Waals surface area (Å²) >= 11 is 6.19. The number of aromatic nitrogens is 2. The lowest BCUT2D eigenvalue weighted by molar-refractivity contribution is 0.360. The first-order valence-electron chi connectivity index (χ1n) is 6.46. The molecule has 0 spiro atoms. The molecule has 0 fully saturated rings. The fraction of sp³-hybridized carbons (Fsp3) is 0.200. The lowest BCUT2D eigenvalue weighted by Gasteiger charge is -2.04. The van der Waals surface area contributed by atoms with Gasteiger partial charge in [0.15, 0.2) is 5.76 Å². The van der Waals surface area contributed by atoms with Gasteiger partial charge in [-0.25, -0.2) is 0 Å². The standard InChI is InChI=1S/C15H14ClN3O/c1-2-12(17)14-8-13(19-20-14)10-5-6-11(16)9-4-3-7-18-15(9)10/h3-8,12H,2,17H2,1H3. The predicted octanol–water partition coefficient (Wildman–Crippen LogP) is 3.95. The smallest absolute Gasteiger partial charge is 0.154 e. The van der Waals surface area contributed by atoms with Gasteiger partial charge in [0.2, 0.25) is 0 Å². The maximum atomic E-state index is 6.19. The molecule has 0 aliphatic rings. The van der Waals surface area contributed by atoms with Gasteiger partial charge in [-0.1, -0.05) is 23.7 Å². The molecule has 1 aromatic carbocycles. The monoisotopic (exact) mass is 287 g/mol. The number of pyridine rings is 1. The summed E-state index contributed by atoms with van der Waals surface area (Å²) < 4.78 is 5.32. The van der Waals surface area contributed by atoms with Gasteiger partial charge in [0, 0.05) is 23.2 Å². The highest BCUT2D eigenvalue weighted by molar-refractivity contribution is 6.35. The zero-order valence-corrected chi connectivity index (χ0v) is 11.8. The number of fused-ring (bicyclic) bond motifs is 1. The summed E-state index contributed by atoms with van der Waals surface area (Å²) in [6.45, 7) is 2.01. The summed E-state index contributed by atoms with van der Waals surface area (Å²) in [7, 11) is 0. The zero-order valence-electron chi connectivity index (χ0n) is 11.0. The van der Waals surface area contributed by atoms with Crippen LogP contribution in [0.3, 0.4) is 0 Å². The quantitative estimate of drug-likeness (QED) is 0.792. The maximum Gasteiger partial charge on any atom is 0.154 e. The van der Waals surface area contributed by atoms with Crippen LogP contribution in [0.1, 0.15) is 25.1 Å². The summed E-state index contributed by atoms with van der Waals surface area (Å²) in [6.07, 6.45) is 2.54. The van der Waals surface area contributed by atoms with Crippen LogP contribution in [0, 0.1) is 0 Å². The third-order valence-electron chi connectivity index (χ3n) is 3.33. The van der Waals surface area contributed by atoms with Crippen molar-refractivity contribution in [1.29, 1.82) is 0 Å². The average Bonchev–Trinajstić information content (AvgIpc) is 2.97. The minimum absolute atomic E-state index is 0.136. The Labute approximate surface area is 121 Å². The Hall–Kier alpha value is -1.91. The van der Waals surface area contributed by atoms with E-state index < -0.39 is 0 Å². The molecule has 4 nitrogen and oxygen atoms in total. The lowest BCUT2D eigenvalue weighted by atomic mass is 10.1. The summed E-state index contributed by atoms with van der Waals surface area (Å²) in [5.41, 5.74) is 8.38. The lowest BCUT2D eigenvalue weighted by Crippen LogP contribution is -2.06. The summed E-state index contributed by atoms with van der Waals surface area (Å²) in [5, 5.41) is 5.67. The largest absolute Gasteiger partial charge is 0.359 e. The molecule has 2 aromatic heterocycles. The maximum absolute atomic E-state index is 6.19. The molecule has 20 heavy (non-hydrogen) atoms. The molecule has 0 saturated heterocycles. The Kier molecular flexibility index (Phi) is 3.42. The van der Waals surface area contributed by atoms with E-state index in [0.717, 1.165) is 28.6 Å². The predicted molar refractivity (Wildman–Crippen MR) is 79.5 cm³/mol. The van der Waals surface area contributed by atoms with E-state index in [-0.39, 0.29) is 6.04 Å². The highest BCUT2D eigenvalue weighted by Gasteiger charge is 2.15. The van der Waals surface area contributed by atoms with Gasteiger partial charge in [0.05, 0.1) is 16.6 Å². The van der Waals surface area contributed by atoms with Crippen molar-refractivity contribution in [3.63, 3.8) is 0 Å². The summed E-state index contributed by atoms with van der Waals surface area (Å²) in [5.74, 6) is 0.682. The molecule has 0 radical (unpaired) electrons. The van der Waals surface area contributed by atoms with Crippen molar-refractivity contribution in [1.82, 2.24) is 10.1 Å². The van der Waals surface area contributed by atoms with Crippen LogP contribution >= 0.6 is 11.6 Å². The normalized spacial score (nSPS) is 12.8. The van der Waals surface area contributed by atoms with Crippen LogP contribution < -0.4 is 5.73 Å². The molecule has 1 unspecified atom stereocenters. The molecule has 0 saturated carbocycles. The molecule has 5 heteroatoms. The van der Waals surface area contributed by atoms with Crippen molar-refractivity contribution >= 4 is 22.5 Å². The van der Waals surface area contributed by atoms with Crippen LogP contribution in [0.15, 0.2) is 41.1 Å². The van der Waals surface area contributed by atoms with E-state index in [0.29, 0.717) is 10.8 Å². The number of rotatable bonds is 3. The second-order valence-electron chi connectivity index (χ2n) is 4.62. The molecule has 102 valence electrons. The van der Waals surface area contributed by atoms with Crippen molar-refractivity contribution in [2.75, 3.05) is 0 Å². The van der Waals surface area contributed by atoms with Crippen molar-refractivity contribution < 1.29 is 4.52 Å². The van der Waals surface area contributed by atoms with Gasteiger partial charge in [-0.3, -0.25) is 4.98 Å². The number of halogens is 1. The van der Waals surface area contributed by atoms with Gasteiger partial charge < -0.3 is 10.3 Å². The Bertz CT molecular complexity index is 754. The number of benzene rings is 1. The van der Waals surface area contributed by atoms with Crippen molar-refractivity contribution in [3.8, 4) is 11.3 Å². The van der Waals surface area contributed by atoms with Crippen LogP contribution in [0.2, 0.25) is 5.02 Å². The molecule has 3 aromatic rings. The fourth-order valence-corrected chi connectivity index (χ4v) is 2.35. The third kappa shape index (κ3) is 2.17. The van der Waals surface area contributed by atoms with Crippen LogP contribution in [0.25, 0.3) is 22.2 Å². The first kappa shape index (κ1) is 13.1. The van der Waals surface area contributed by atoms with Crippen LogP contribution in [0.5, 0.6) is 0 Å². The first-order valence-corrected chi connectivity index (χ1v) is 6.84. The highest BCUT2D eigenvalue weighted by atomic mass is 35.5. The molecule has 2 heterocycles. The zero-order chi connectivity index (χ0) is 14.1. The molecule has 0 aliphatic carbocycles. The van der Waals surface area contributed by atoms with E-state index in [4.69, 9.17) is 21.9 Å². The molecule has 0 aliphatic heterocycles. The van der Waals surface area contributed by atoms with Crippen LogP contribution in [0.4, 0.5) is 0 Å². The third-order valence-corrected chi connectivity index (χ3v) is 3.66. The number of hydrogen-bond donors (Lipinski definition) is 1. The Morgan fingerprint density at radius 1 is 1.35 bits per heavy atom. The summed E-state index contributed by atoms with van der Waals surface area (Å²) in [4.78, 5) is 4.40. The molecular formula is C15H14ClN3O. The van der Waals surface area contributed by atoms with Crippen molar-refractivity contribution in [2.24, 2.45) is 5.73 Å². The van der Waals surface area contributed by atoms with Gasteiger partial charge in [0.25, 0.3) is 0 Å². The first-order chi connectivity index (χ1) is 9.70. The van der Waals surface area contributed by atoms with E-state index in [1.54, 1.807) is 6.20 Å². The number of nitrogens with two attached hydrogens (primary N) is 1. The molecule has 0 amide bonds. The molecule has 0 bridgehead atoms. The molecule has 1 atom stereocenters. The van der Waals surface area contributed by atoms with Gasteiger partial charge in [-0.05, 0) is 30.7 Å². The van der Waals surface area contributed by atoms with Crippen LogP contribution in [-0.2, 0) is 0 Å². The number of hydrogen-bond acceptors (Lipinski definition) is 4. The molecule has 3 rings (SSSR count). The Morgan fingerprint density at radius 3 is 3.00 bits per heavy atom. The van der Waals surface area contributed by atoms with E-state index in [1.165, 1.54) is 0 Å². The van der Waals surface area contributed by atoms with Crippen molar-refractivity contribution in [2.45, 2.75) is 19.4 Å². The minimum atomic E-state index is -0.136. The van der Waals surface area contributed by atoms with Gasteiger partial charge in [0.1, 0.15) is 5.69 Å². The van der Waals surface area contributed by atoms with Crippen LogP contribution in [-0.4, -0.2) is 10.1 Å². The Morgan fingerprint density at radius 2 is 2.20 bits per heavy atom. The van der Waals surface area contributed by atoms with E-state index in [2.05, 4.69) is 10.1 Å². The SMILES string of the molecule is CCC(N)c1cc(-c2ccc(Cl)c3cccnc23)no1. The topological polar surface area (TPSA) is 64.9 Å². The number of nitrogens with zero attached hydrogens (tertiary/aromatic N) is 2. The molecular weight excluding hydrogens is 274 g/mol. The fourth-order valence-electron chi connectivity index (χ4n) is 2.14. The van der Waals surface area contributed by atoms with Gasteiger partial charge in [-0.15, -0.1) is 0 Å². The van der Waals surface area contributed by atoms with Gasteiger partial charge in [-0.2, -0.15) is 0 Å². The average molecular weight is 288 g/mol. The van der Waals surface area contributed by atoms with E-state index in [1.807, 2.05) is 37.3 Å². The van der Waals surface area contributed by atoms with E-state index >= 15 is 0 Å². The summed E-state index contributed by atoms with van der Waals surface area (Å²) in [6, 6.07) is 9.27.